The lowest BCUT2D eigenvalue weighted by molar-refractivity contribution is -0.105. The maximum atomic E-state index is 11.3. The number of benzene rings is 1. The molecule has 0 saturated carbocycles. The lowest BCUT2D eigenvalue weighted by Crippen LogP contribution is -1.98. The minimum Gasteiger partial charge on any atom is -0.298 e. The lowest BCUT2D eigenvalue weighted by Gasteiger charge is -2.07. The Balaban J connectivity index is 1.97. The molecule has 0 radical (unpaired) electrons. The molecule has 0 fully saturated rings. The number of carbonyl (C=O) groups excluding carboxylic acids is 1. The van der Waals surface area contributed by atoms with Crippen molar-refractivity contribution in [2.75, 3.05) is 0 Å². The molecule has 0 bridgehead atoms. The van der Waals surface area contributed by atoms with Crippen LogP contribution < -0.4 is 0 Å². The van der Waals surface area contributed by atoms with Crippen LogP contribution in [0, 0.1) is 5.92 Å². The Morgan fingerprint density at radius 1 is 1.06 bits per heavy atom. The Bertz CT molecular complexity index is 516. The van der Waals surface area contributed by atoms with Gasteiger partial charge in [-0.05, 0) is 12.1 Å². The van der Waals surface area contributed by atoms with Crippen molar-refractivity contribution in [1.82, 2.24) is 0 Å². The second-order valence-electron chi connectivity index (χ2n) is 3.81. The lowest BCUT2D eigenvalue weighted by atomic mass is 10.0. The smallest absolute Gasteiger partial charge is 0.148 e. The second-order valence-corrected chi connectivity index (χ2v) is 6.17. The van der Waals surface area contributed by atoms with Gasteiger partial charge in [0, 0.05) is 21.3 Å². The van der Waals surface area contributed by atoms with Crippen molar-refractivity contribution in [2.24, 2.45) is 5.92 Å². The van der Waals surface area contributed by atoms with Crippen molar-refractivity contribution in [2.45, 2.75) is 9.79 Å². The molecule has 3 rings (SSSR count). The molecule has 17 heavy (non-hydrogen) atoms. The third-order valence-electron chi connectivity index (χ3n) is 2.72. The topological polar surface area (TPSA) is 17.1 Å². The summed E-state index contributed by atoms with van der Waals surface area (Å²) in [6, 6.07) is 8.27. The normalized spacial score (nSPS) is 17.5. The Hall–Kier alpha value is -1.19. The zero-order valence-corrected chi connectivity index (χ0v) is 10.6. The molecule has 0 N–H and O–H groups in total. The van der Waals surface area contributed by atoms with Gasteiger partial charge in [-0.15, -0.1) is 0 Å². The average Bonchev–Trinajstić information content (AvgIpc) is 2.98. The van der Waals surface area contributed by atoms with Gasteiger partial charge < -0.3 is 0 Å². The van der Waals surface area contributed by atoms with Gasteiger partial charge in [0.25, 0.3) is 0 Å². The van der Waals surface area contributed by atoms with Crippen molar-refractivity contribution in [1.29, 1.82) is 0 Å². The summed E-state index contributed by atoms with van der Waals surface area (Å²) in [4.78, 5) is 13.8. The van der Waals surface area contributed by atoms with E-state index in [9.17, 15) is 4.79 Å². The molecule has 0 unspecified atom stereocenters. The Kier molecular flexibility index (Phi) is 2.95. The predicted octanol–water partition coefficient (Wildman–Crippen LogP) is 4.04. The molecular formula is C14H10OS2. The molecule has 3 heteroatoms. The highest BCUT2D eigenvalue weighted by molar-refractivity contribution is 8.24. The fraction of sp³-hybridized carbons (Fsp3) is 0.0714. The van der Waals surface area contributed by atoms with Gasteiger partial charge in [-0.3, -0.25) is 4.79 Å². The van der Waals surface area contributed by atoms with E-state index in [-0.39, 0.29) is 5.92 Å². The average molecular weight is 258 g/mol. The number of fused-ring (bicyclic) bond motifs is 1. The molecule has 1 aliphatic carbocycles. The predicted molar refractivity (Wildman–Crippen MR) is 73.0 cm³/mol. The first-order valence-corrected chi connectivity index (χ1v) is 7.01. The highest BCUT2D eigenvalue weighted by Gasteiger charge is 2.23. The van der Waals surface area contributed by atoms with Crippen molar-refractivity contribution >= 4 is 29.8 Å². The SMILES string of the molecule is O=CC(=C1Sc2ccccc2S1)C1C=CC=C1. The van der Waals surface area contributed by atoms with E-state index in [1.165, 1.54) is 9.79 Å². The van der Waals surface area contributed by atoms with Crippen LogP contribution in [0.3, 0.4) is 0 Å². The van der Waals surface area contributed by atoms with E-state index in [2.05, 4.69) is 24.3 Å². The summed E-state index contributed by atoms with van der Waals surface area (Å²) in [6.07, 6.45) is 9.09. The molecule has 0 amide bonds. The van der Waals surface area contributed by atoms with Crippen molar-refractivity contribution in [3.05, 3.63) is 58.4 Å². The van der Waals surface area contributed by atoms with Gasteiger partial charge in [-0.1, -0.05) is 60.0 Å². The fourth-order valence-corrected chi connectivity index (χ4v) is 4.45. The maximum Gasteiger partial charge on any atom is 0.148 e. The van der Waals surface area contributed by atoms with Crippen molar-refractivity contribution in [3.63, 3.8) is 0 Å². The van der Waals surface area contributed by atoms with Gasteiger partial charge in [-0.25, -0.2) is 0 Å². The number of hydrogen-bond donors (Lipinski definition) is 0. The van der Waals surface area contributed by atoms with E-state index in [1.54, 1.807) is 23.5 Å². The molecule has 1 aromatic rings. The summed E-state index contributed by atoms with van der Waals surface area (Å²) in [5, 5.41) is 0. The van der Waals surface area contributed by atoms with Gasteiger partial charge in [0.15, 0.2) is 0 Å². The van der Waals surface area contributed by atoms with Crippen LogP contribution in [-0.2, 0) is 4.79 Å². The molecule has 0 atom stereocenters. The molecule has 1 aromatic carbocycles. The minimum absolute atomic E-state index is 0.150. The Labute approximate surface area is 109 Å². The van der Waals surface area contributed by atoms with Gasteiger partial charge in [-0.2, -0.15) is 0 Å². The summed E-state index contributed by atoms with van der Waals surface area (Å²) in [5.74, 6) is 0.150. The molecule has 1 nitrogen and oxygen atoms in total. The molecule has 1 heterocycles. The van der Waals surface area contributed by atoms with Crippen LogP contribution in [0.1, 0.15) is 0 Å². The molecule has 2 aliphatic rings. The third kappa shape index (κ3) is 2.01. The van der Waals surface area contributed by atoms with Crippen LogP contribution in [-0.4, -0.2) is 6.29 Å². The number of hydrogen-bond acceptors (Lipinski definition) is 3. The van der Waals surface area contributed by atoms with Gasteiger partial charge in [0.05, 0.1) is 4.24 Å². The number of rotatable bonds is 2. The molecule has 1 aliphatic heterocycles. The van der Waals surface area contributed by atoms with E-state index < -0.39 is 0 Å². The van der Waals surface area contributed by atoms with Crippen molar-refractivity contribution < 1.29 is 4.79 Å². The fourth-order valence-electron chi connectivity index (χ4n) is 1.86. The van der Waals surface area contributed by atoms with Gasteiger partial charge >= 0.3 is 0 Å². The van der Waals surface area contributed by atoms with Gasteiger partial charge in [0.1, 0.15) is 6.29 Å². The standard InChI is InChI=1S/C14H10OS2/c15-9-11(10-5-1-2-6-10)14-16-12-7-3-4-8-13(12)17-14/h1-10H. The van der Waals surface area contributed by atoms with E-state index in [0.29, 0.717) is 0 Å². The van der Waals surface area contributed by atoms with Crippen LogP contribution in [0.2, 0.25) is 0 Å². The van der Waals surface area contributed by atoms with Crippen molar-refractivity contribution in [3.8, 4) is 0 Å². The highest BCUT2D eigenvalue weighted by Crippen LogP contribution is 2.52. The summed E-state index contributed by atoms with van der Waals surface area (Å²) in [5.41, 5.74) is 0.876. The Morgan fingerprint density at radius 2 is 1.65 bits per heavy atom. The third-order valence-corrected chi connectivity index (χ3v) is 5.35. The molecule has 0 saturated heterocycles. The number of carbonyl (C=O) groups is 1. The molecular weight excluding hydrogens is 248 g/mol. The number of aldehydes is 1. The van der Waals surface area contributed by atoms with E-state index >= 15 is 0 Å². The van der Waals surface area contributed by atoms with Gasteiger partial charge in [0.2, 0.25) is 0 Å². The van der Waals surface area contributed by atoms with E-state index in [1.807, 2.05) is 24.3 Å². The first-order chi connectivity index (χ1) is 8.38. The molecule has 0 aromatic heterocycles. The monoisotopic (exact) mass is 258 g/mol. The summed E-state index contributed by atoms with van der Waals surface area (Å²) >= 11 is 3.40. The molecule has 84 valence electrons. The first-order valence-electron chi connectivity index (χ1n) is 5.37. The van der Waals surface area contributed by atoms with Crippen LogP contribution in [0.15, 0.2) is 68.2 Å². The maximum absolute atomic E-state index is 11.3. The molecule has 0 spiro atoms. The van der Waals surface area contributed by atoms with Crippen LogP contribution in [0.5, 0.6) is 0 Å². The highest BCUT2D eigenvalue weighted by atomic mass is 32.2. The summed E-state index contributed by atoms with van der Waals surface area (Å²) < 4.78 is 1.11. The number of allylic oxidation sites excluding steroid dienone is 5. The Morgan fingerprint density at radius 3 is 2.18 bits per heavy atom. The zero-order chi connectivity index (χ0) is 11.7. The quantitative estimate of drug-likeness (QED) is 0.589. The largest absolute Gasteiger partial charge is 0.298 e. The summed E-state index contributed by atoms with van der Waals surface area (Å²) in [7, 11) is 0. The van der Waals surface area contributed by atoms with Crippen LogP contribution in [0.25, 0.3) is 0 Å². The minimum atomic E-state index is 0.150. The first kappa shape index (κ1) is 10.9. The van der Waals surface area contributed by atoms with Crippen LogP contribution in [0.4, 0.5) is 0 Å². The van der Waals surface area contributed by atoms with E-state index in [4.69, 9.17) is 0 Å². The number of thioether (sulfide) groups is 2. The van der Waals surface area contributed by atoms with Crippen LogP contribution >= 0.6 is 23.5 Å². The zero-order valence-electron chi connectivity index (χ0n) is 9.00. The van der Waals surface area contributed by atoms with E-state index in [0.717, 1.165) is 16.1 Å². The summed E-state index contributed by atoms with van der Waals surface area (Å²) in [6.45, 7) is 0. The second kappa shape index (κ2) is 4.59.